The number of rotatable bonds is 2. The first-order valence-corrected chi connectivity index (χ1v) is 7.89. The zero-order valence-corrected chi connectivity index (χ0v) is 14.3. The van der Waals surface area contributed by atoms with E-state index in [4.69, 9.17) is 33.7 Å². The van der Waals surface area contributed by atoms with E-state index in [1.54, 1.807) is 0 Å². The third kappa shape index (κ3) is 3.36. The van der Waals surface area contributed by atoms with E-state index in [0.29, 0.717) is 16.6 Å². The van der Waals surface area contributed by atoms with Crippen molar-refractivity contribution in [3.8, 4) is 16.9 Å². The van der Waals surface area contributed by atoms with Gasteiger partial charge in [0.25, 0.3) is 0 Å². The highest BCUT2D eigenvalue weighted by atomic mass is 35.5. The van der Waals surface area contributed by atoms with Gasteiger partial charge in [-0.1, -0.05) is 47.5 Å². The van der Waals surface area contributed by atoms with Gasteiger partial charge in [-0.05, 0) is 37.0 Å². The third-order valence-electron chi connectivity index (χ3n) is 3.85. The maximum Gasteiger partial charge on any atom is 0.130 e. The molecule has 5 heteroatoms. The summed E-state index contributed by atoms with van der Waals surface area (Å²) in [6.45, 7) is 0.518. The molecule has 1 aliphatic heterocycles. The Morgan fingerprint density at radius 1 is 1.09 bits per heavy atom. The van der Waals surface area contributed by atoms with Crippen LogP contribution in [0, 0.1) is 0 Å². The van der Waals surface area contributed by atoms with Crippen LogP contribution in [0.4, 0.5) is 0 Å². The molecule has 118 valence electrons. The molecule has 2 N–H and O–H groups in total. The third-order valence-corrected chi connectivity index (χ3v) is 4.48. The molecule has 22 heavy (non-hydrogen) atoms. The molecular weight excluding hydrogens is 341 g/mol. The van der Waals surface area contributed by atoms with Crippen LogP contribution in [0.5, 0.6) is 5.75 Å². The molecule has 1 aliphatic rings. The Bertz CT molecular complexity index is 640. The van der Waals surface area contributed by atoms with E-state index in [-0.39, 0.29) is 18.5 Å². The molecule has 0 fully saturated rings. The summed E-state index contributed by atoms with van der Waals surface area (Å²) >= 11 is 12.7. The Balaban J connectivity index is 0.00000176. The number of benzene rings is 2. The average Bonchev–Trinajstić information content (AvgIpc) is 2.69. The Morgan fingerprint density at radius 3 is 2.45 bits per heavy atom. The number of hydrogen-bond acceptors (Lipinski definition) is 2. The summed E-state index contributed by atoms with van der Waals surface area (Å²) in [6.07, 6.45) is 3.09. The molecule has 0 radical (unpaired) electrons. The fourth-order valence-corrected chi connectivity index (χ4v) is 3.39. The van der Waals surface area contributed by atoms with Crippen LogP contribution in [0.2, 0.25) is 10.0 Å². The van der Waals surface area contributed by atoms with E-state index in [2.05, 4.69) is 6.07 Å². The second kappa shape index (κ2) is 7.56. The molecule has 2 aromatic rings. The molecule has 0 saturated heterocycles. The minimum absolute atomic E-state index is 0. The number of fused-ring (bicyclic) bond motifs is 1. The topological polar surface area (TPSA) is 35.2 Å². The van der Waals surface area contributed by atoms with Crippen LogP contribution in [-0.4, -0.2) is 12.6 Å². The molecule has 0 spiro atoms. The van der Waals surface area contributed by atoms with Crippen molar-refractivity contribution in [2.45, 2.75) is 25.4 Å². The zero-order valence-electron chi connectivity index (χ0n) is 12.0. The van der Waals surface area contributed by atoms with Crippen molar-refractivity contribution in [2.24, 2.45) is 5.73 Å². The first-order chi connectivity index (χ1) is 10.2. The average molecular weight is 359 g/mol. The van der Waals surface area contributed by atoms with Crippen LogP contribution in [0.15, 0.2) is 36.4 Å². The molecule has 2 nitrogen and oxygen atoms in total. The van der Waals surface area contributed by atoms with Gasteiger partial charge in [-0.2, -0.15) is 0 Å². The molecule has 0 amide bonds. The van der Waals surface area contributed by atoms with Gasteiger partial charge in [0.05, 0.1) is 10.0 Å². The van der Waals surface area contributed by atoms with Crippen molar-refractivity contribution < 1.29 is 4.74 Å². The van der Waals surface area contributed by atoms with Crippen LogP contribution >= 0.6 is 35.6 Å². The SMILES string of the molecule is Cl.NC[C@H]1CCCc2cccc(-c3c(Cl)cccc3Cl)c2O1. The smallest absolute Gasteiger partial charge is 0.130 e. The van der Waals surface area contributed by atoms with Crippen LogP contribution in [-0.2, 0) is 6.42 Å². The van der Waals surface area contributed by atoms with E-state index in [0.717, 1.165) is 36.1 Å². The van der Waals surface area contributed by atoms with E-state index >= 15 is 0 Å². The summed E-state index contributed by atoms with van der Waals surface area (Å²) in [5, 5.41) is 1.26. The largest absolute Gasteiger partial charge is 0.488 e. The van der Waals surface area contributed by atoms with Crippen molar-refractivity contribution >= 4 is 35.6 Å². The van der Waals surface area contributed by atoms with Crippen LogP contribution in [0.25, 0.3) is 11.1 Å². The minimum atomic E-state index is 0. The summed E-state index contributed by atoms with van der Waals surface area (Å²) in [5.74, 6) is 0.875. The second-order valence-corrected chi connectivity index (χ2v) is 6.07. The predicted molar refractivity (Wildman–Crippen MR) is 95.6 cm³/mol. The first-order valence-electron chi connectivity index (χ1n) is 7.13. The summed E-state index contributed by atoms with van der Waals surface area (Å²) in [7, 11) is 0. The molecule has 1 atom stereocenters. The number of ether oxygens (including phenoxy) is 1. The van der Waals surface area contributed by atoms with E-state index < -0.39 is 0 Å². The molecule has 1 heterocycles. The fraction of sp³-hybridized carbons (Fsp3) is 0.294. The van der Waals surface area contributed by atoms with Gasteiger partial charge in [0.1, 0.15) is 11.9 Å². The van der Waals surface area contributed by atoms with Gasteiger partial charge in [-0.25, -0.2) is 0 Å². The van der Waals surface area contributed by atoms with Gasteiger partial charge in [-0.15, -0.1) is 12.4 Å². The van der Waals surface area contributed by atoms with E-state index in [1.165, 1.54) is 5.56 Å². The Hall–Kier alpha value is -0.930. The van der Waals surface area contributed by atoms with Gasteiger partial charge in [-0.3, -0.25) is 0 Å². The van der Waals surface area contributed by atoms with Gasteiger partial charge in [0.15, 0.2) is 0 Å². The van der Waals surface area contributed by atoms with Gasteiger partial charge in [0, 0.05) is 17.7 Å². The van der Waals surface area contributed by atoms with Crippen molar-refractivity contribution in [3.63, 3.8) is 0 Å². The summed E-state index contributed by atoms with van der Waals surface area (Å²) in [4.78, 5) is 0. The maximum atomic E-state index is 6.35. The fourth-order valence-electron chi connectivity index (χ4n) is 2.78. The van der Waals surface area contributed by atoms with Gasteiger partial charge >= 0.3 is 0 Å². The van der Waals surface area contributed by atoms with E-state index in [1.807, 2.05) is 30.3 Å². The van der Waals surface area contributed by atoms with Crippen molar-refractivity contribution in [1.29, 1.82) is 0 Å². The molecule has 0 aliphatic carbocycles. The van der Waals surface area contributed by atoms with Gasteiger partial charge < -0.3 is 10.5 Å². The lowest BCUT2D eigenvalue weighted by molar-refractivity contribution is 0.205. The first kappa shape index (κ1) is 17.4. The molecule has 0 unspecified atom stereocenters. The Labute approximate surface area is 147 Å². The second-order valence-electron chi connectivity index (χ2n) is 5.26. The zero-order chi connectivity index (χ0) is 14.8. The number of nitrogens with two attached hydrogens (primary N) is 1. The van der Waals surface area contributed by atoms with Crippen LogP contribution in [0.1, 0.15) is 18.4 Å². The molecule has 0 saturated carbocycles. The maximum absolute atomic E-state index is 6.35. The molecule has 0 aromatic heterocycles. The molecule has 2 aromatic carbocycles. The van der Waals surface area contributed by atoms with Crippen molar-refractivity contribution in [3.05, 3.63) is 52.0 Å². The minimum Gasteiger partial charge on any atom is -0.488 e. The Kier molecular flexibility index (Phi) is 5.99. The standard InChI is InChI=1S/C17H17Cl2NO.ClH/c18-14-8-3-9-15(19)16(14)13-7-2-5-11-4-1-6-12(10-20)21-17(11)13;/h2-3,5,7-9,12H,1,4,6,10,20H2;1H/t12-;/m1./s1. The predicted octanol–water partition coefficient (Wildman–Crippen LogP) is 5.12. The lowest BCUT2D eigenvalue weighted by atomic mass is 9.99. The summed E-state index contributed by atoms with van der Waals surface area (Å²) in [6, 6.07) is 11.7. The normalized spacial score (nSPS) is 17.0. The lowest BCUT2D eigenvalue weighted by Gasteiger charge is -2.19. The highest BCUT2D eigenvalue weighted by Gasteiger charge is 2.22. The van der Waals surface area contributed by atoms with Crippen molar-refractivity contribution in [2.75, 3.05) is 6.54 Å². The number of para-hydroxylation sites is 1. The van der Waals surface area contributed by atoms with Crippen LogP contribution < -0.4 is 10.5 Å². The monoisotopic (exact) mass is 357 g/mol. The lowest BCUT2D eigenvalue weighted by Crippen LogP contribution is -2.26. The van der Waals surface area contributed by atoms with Gasteiger partial charge in [0.2, 0.25) is 0 Å². The number of halogens is 3. The number of aryl methyl sites for hydroxylation is 1. The quantitative estimate of drug-likeness (QED) is 0.808. The highest BCUT2D eigenvalue weighted by Crippen LogP contribution is 2.42. The summed E-state index contributed by atoms with van der Waals surface area (Å²) in [5.41, 5.74) is 8.77. The van der Waals surface area contributed by atoms with Crippen LogP contribution in [0.3, 0.4) is 0 Å². The molecule has 0 bridgehead atoms. The Morgan fingerprint density at radius 2 is 1.77 bits per heavy atom. The molecule has 3 rings (SSSR count). The molecular formula is C17H18Cl3NO. The van der Waals surface area contributed by atoms with Crippen molar-refractivity contribution in [1.82, 2.24) is 0 Å². The van der Waals surface area contributed by atoms with E-state index in [9.17, 15) is 0 Å². The number of hydrogen-bond donors (Lipinski definition) is 1. The summed E-state index contributed by atoms with van der Waals surface area (Å²) < 4.78 is 6.16. The highest BCUT2D eigenvalue weighted by molar-refractivity contribution is 6.39.